The van der Waals surface area contributed by atoms with Crippen LogP contribution in [-0.4, -0.2) is 61.9 Å². The monoisotopic (exact) mass is 1020 g/mol. The Bertz CT molecular complexity index is 3310. The molecular formula is C44H28ClFeN4O12S4. The van der Waals surface area contributed by atoms with Gasteiger partial charge in [-0.2, -0.15) is 33.7 Å². The molecule has 9 rings (SSSR count). The molecule has 0 unspecified atom stereocenters. The number of halogens is 1. The zero-order chi connectivity index (χ0) is 45.3. The molecule has 66 heavy (non-hydrogen) atoms. The Morgan fingerprint density at radius 3 is 0.667 bits per heavy atom. The maximum absolute atomic E-state index is 12.0. The van der Waals surface area contributed by atoms with E-state index in [0.717, 1.165) is 0 Å². The van der Waals surface area contributed by atoms with Gasteiger partial charge in [0.1, 0.15) is 0 Å². The van der Waals surface area contributed by atoms with Crippen molar-refractivity contribution in [3.8, 4) is 44.5 Å². The number of hydrogen-bond donors (Lipinski definition) is 4. The summed E-state index contributed by atoms with van der Waals surface area (Å²) in [7, 11) is -18.2. The molecule has 8 bridgehead atoms. The predicted octanol–water partition coefficient (Wildman–Crippen LogP) is 4.57. The molecule has 1 radical (unpaired) electrons. The van der Waals surface area contributed by atoms with Gasteiger partial charge in [0.2, 0.25) is 0 Å². The van der Waals surface area contributed by atoms with Crippen molar-refractivity contribution < 1.29 is 81.4 Å². The van der Waals surface area contributed by atoms with Crippen molar-refractivity contribution in [2.75, 3.05) is 0 Å². The fourth-order valence-corrected chi connectivity index (χ4v) is 9.36. The molecule has 2 aliphatic rings. The molecule has 335 valence electrons. The number of rotatable bonds is 8. The van der Waals surface area contributed by atoms with Crippen LogP contribution in [0.5, 0.6) is 0 Å². The van der Waals surface area contributed by atoms with Crippen LogP contribution in [0, 0.1) is 0 Å². The number of benzene rings is 4. The summed E-state index contributed by atoms with van der Waals surface area (Å²) in [6.45, 7) is 0. The van der Waals surface area contributed by atoms with Crippen LogP contribution in [0.4, 0.5) is 0 Å². The molecule has 0 saturated heterocycles. The second kappa shape index (κ2) is 17.6. The third-order valence-corrected chi connectivity index (χ3v) is 13.8. The third-order valence-electron chi connectivity index (χ3n) is 10.4. The second-order valence-electron chi connectivity index (χ2n) is 14.4. The molecule has 5 heterocycles. The Morgan fingerprint density at radius 2 is 0.500 bits per heavy atom. The van der Waals surface area contributed by atoms with E-state index in [1.54, 1.807) is 48.6 Å². The number of fused-ring (bicyclic) bond motifs is 8. The summed E-state index contributed by atoms with van der Waals surface area (Å²) in [6.07, 6.45) is 6.79. The van der Waals surface area contributed by atoms with Crippen LogP contribution in [-0.2, 0) is 57.5 Å². The van der Waals surface area contributed by atoms with Crippen molar-refractivity contribution in [1.29, 1.82) is 0 Å². The molecule has 4 aromatic carbocycles. The summed E-state index contributed by atoms with van der Waals surface area (Å²) in [6, 6.07) is 28.4. The van der Waals surface area contributed by atoms with Crippen molar-refractivity contribution in [2.24, 2.45) is 0 Å². The van der Waals surface area contributed by atoms with Crippen LogP contribution < -0.4 is 22.4 Å². The van der Waals surface area contributed by atoms with Crippen molar-refractivity contribution in [3.63, 3.8) is 0 Å². The molecule has 3 aromatic heterocycles. The van der Waals surface area contributed by atoms with Gasteiger partial charge in [-0.15, -0.1) is 22.1 Å². The largest absolute Gasteiger partial charge is 3.00 e. The smallest absolute Gasteiger partial charge is 1.00 e. The second-order valence-corrected chi connectivity index (χ2v) is 20.0. The molecule has 0 amide bonds. The molecule has 0 atom stereocenters. The Morgan fingerprint density at radius 1 is 0.318 bits per heavy atom. The molecule has 16 nitrogen and oxygen atoms in total. The van der Waals surface area contributed by atoms with E-state index in [1.165, 1.54) is 97.1 Å². The van der Waals surface area contributed by atoms with E-state index in [0.29, 0.717) is 89.4 Å². The van der Waals surface area contributed by atoms with E-state index in [2.05, 4.69) is 0 Å². The van der Waals surface area contributed by atoms with Gasteiger partial charge in [-0.05, 0) is 117 Å². The zero-order valence-corrected chi connectivity index (χ0v) is 38.2. The van der Waals surface area contributed by atoms with E-state index in [9.17, 15) is 51.9 Å². The van der Waals surface area contributed by atoms with Gasteiger partial charge in [0.05, 0.1) is 42.4 Å². The van der Waals surface area contributed by atoms with Crippen LogP contribution >= 0.6 is 0 Å². The minimum absolute atomic E-state index is 0. The van der Waals surface area contributed by atoms with Crippen molar-refractivity contribution in [1.82, 2.24) is 19.9 Å². The number of aromatic nitrogens is 4. The maximum atomic E-state index is 12.0. The van der Waals surface area contributed by atoms with Crippen LogP contribution in [0.15, 0.2) is 141 Å². The summed E-state index contributed by atoms with van der Waals surface area (Å²) < 4.78 is 135. The van der Waals surface area contributed by atoms with Gasteiger partial charge < -0.3 is 22.4 Å². The van der Waals surface area contributed by atoms with Crippen molar-refractivity contribution in [3.05, 3.63) is 144 Å². The van der Waals surface area contributed by atoms with Gasteiger partial charge in [0.15, 0.2) is 0 Å². The predicted molar refractivity (Wildman–Crippen MR) is 238 cm³/mol. The molecule has 22 heteroatoms. The fraction of sp³-hybridized carbons (Fsp3) is 0. The fourth-order valence-electron chi connectivity index (χ4n) is 7.44. The molecule has 7 aromatic rings. The normalized spacial score (nSPS) is 12.7. The van der Waals surface area contributed by atoms with E-state index >= 15 is 0 Å². The van der Waals surface area contributed by atoms with E-state index in [-0.39, 0.29) is 49.1 Å². The van der Waals surface area contributed by atoms with Crippen LogP contribution in [0.1, 0.15) is 22.8 Å². The molecule has 0 aliphatic carbocycles. The Labute approximate surface area is 393 Å². The van der Waals surface area contributed by atoms with Gasteiger partial charge in [-0.3, -0.25) is 18.2 Å². The van der Waals surface area contributed by atoms with Crippen LogP contribution in [0.25, 0.3) is 90.9 Å². The standard InChI is InChI=1S/C44H28N4O12S4.ClH.Fe/c49-61(50,51)29-9-1-25(2-10-29)41-33-17-19-35(45-33)42(26-3-11-30(12-4-26)62(52,53)54)37-21-23-39(47-37)44(28-7-15-32(16-8-28)64(58,59)60)40-24-22-38(48-40)43(36-20-18-34(41)46-36)27-5-13-31(14-6-27)63(55,56)57;;/h1-24H,(H,49,50,51)(H,52,53,54)(H,55,56,57)(H,58,59,60);1H;/q-2;;+3/p-1. The van der Waals surface area contributed by atoms with Gasteiger partial charge in [-0.25, -0.2) is 9.97 Å². The summed E-state index contributed by atoms with van der Waals surface area (Å²) in [5.41, 5.74) is 6.28. The molecule has 0 spiro atoms. The summed E-state index contributed by atoms with van der Waals surface area (Å²) in [5, 5.41) is 0. The average Bonchev–Trinajstić information content (AvgIpc) is 4.08. The SMILES string of the molecule is O=S(=O)(O)c1ccc(-c2c3nc(c(-c4ccc(S(=O)(=O)O)cc4)c4ccc([n-]4)c(-c4ccc(S(=O)(=O)O)cc4)c4nc(c(-c5ccc(S(=O)(=O)O)cc5)c5ccc2[n-]5)C=C4)C=C3)cc1.[Cl-].[Fe+3]. The first kappa shape index (κ1) is 47.9. The first-order valence-corrected chi connectivity index (χ1v) is 24.4. The van der Waals surface area contributed by atoms with Gasteiger partial charge >= 0.3 is 17.1 Å². The Balaban J connectivity index is 0.00000324. The van der Waals surface area contributed by atoms with E-state index < -0.39 is 40.5 Å². The summed E-state index contributed by atoms with van der Waals surface area (Å²) in [5.74, 6) is 0. The van der Waals surface area contributed by atoms with Crippen molar-refractivity contribution >= 4 is 86.8 Å². The molecular weight excluding hydrogens is 996 g/mol. The van der Waals surface area contributed by atoms with E-state index in [4.69, 9.17) is 19.9 Å². The first-order chi connectivity index (χ1) is 30.2. The van der Waals surface area contributed by atoms with Gasteiger partial charge in [0.25, 0.3) is 40.5 Å². The number of nitrogens with zero attached hydrogens (tertiary/aromatic N) is 4. The minimum Gasteiger partial charge on any atom is -1.00 e. The van der Waals surface area contributed by atoms with Gasteiger partial charge in [-0.1, -0.05) is 72.8 Å². The zero-order valence-electron chi connectivity index (χ0n) is 33.1. The maximum Gasteiger partial charge on any atom is 3.00 e. The van der Waals surface area contributed by atoms with E-state index in [1.807, 2.05) is 0 Å². The number of hydrogen-bond acceptors (Lipinski definition) is 10. The Kier molecular flexibility index (Phi) is 12.8. The van der Waals surface area contributed by atoms with Crippen LogP contribution in [0.3, 0.4) is 0 Å². The molecule has 4 N–H and O–H groups in total. The molecule has 2 aliphatic heterocycles. The third kappa shape index (κ3) is 9.32. The summed E-state index contributed by atoms with van der Waals surface area (Å²) in [4.78, 5) is 18.7. The average molecular weight is 1020 g/mol. The van der Waals surface area contributed by atoms with Gasteiger partial charge in [0, 0.05) is 0 Å². The quantitative estimate of drug-likeness (QED) is 0.120. The molecule has 0 fully saturated rings. The van der Waals surface area contributed by atoms with Crippen molar-refractivity contribution in [2.45, 2.75) is 19.6 Å². The first-order valence-electron chi connectivity index (χ1n) is 18.6. The Hall–Kier alpha value is -6.07. The topological polar surface area (TPSA) is 271 Å². The summed E-state index contributed by atoms with van der Waals surface area (Å²) >= 11 is 0. The van der Waals surface area contributed by atoms with Crippen LogP contribution in [0.2, 0.25) is 0 Å². The minimum atomic E-state index is -4.56. The molecule has 0 saturated carbocycles.